The van der Waals surface area contributed by atoms with Crippen LogP contribution in [0.15, 0.2) is 0 Å². The van der Waals surface area contributed by atoms with Crippen LogP contribution in [0.2, 0.25) is 0 Å². The summed E-state index contributed by atoms with van der Waals surface area (Å²) in [5.41, 5.74) is 0. The minimum absolute atomic E-state index is 0.0323. The molecule has 1 aliphatic rings. The molecule has 56 heavy (non-hydrogen) atoms. The van der Waals surface area contributed by atoms with Gasteiger partial charge >= 0.3 is 11.9 Å². The van der Waals surface area contributed by atoms with Crippen LogP contribution < -0.4 is 5.32 Å². The topological polar surface area (TPSA) is 94.2 Å². The van der Waals surface area contributed by atoms with Crippen LogP contribution in [0.4, 0.5) is 0 Å². The molecule has 1 amide bonds. The summed E-state index contributed by atoms with van der Waals surface area (Å²) in [5.74, 6) is 3.49. The van der Waals surface area contributed by atoms with Crippen LogP contribution >= 0.6 is 0 Å². The van der Waals surface area contributed by atoms with E-state index < -0.39 is 0 Å². The van der Waals surface area contributed by atoms with Crippen LogP contribution in [0.25, 0.3) is 0 Å². The molecule has 8 nitrogen and oxygen atoms in total. The second kappa shape index (κ2) is 34.2. The third kappa shape index (κ3) is 30.4. The molecule has 0 spiro atoms. The predicted octanol–water partition coefficient (Wildman–Crippen LogP) is 11.7. The standard InChI is InChI=1S/C48H92N2O6/c1-39(2)27-29-43(41(5)6)37-55-47(52)25-21-17-13-9-11-15-19-23-45(49-46(51)31-32-50-33-35-54-36-34-50)24-20-16-12-10-14-18-22-26-48(53)56-38-44(42(7)8)30-28-40(3)4/h39-45H,9-38H2,1-8H3,(H,49,51). The van der Waals surface area contributed by atoms with Crippen molar-refractivity contribution in [1.29, 1.82) is 0 Å². The number of hydrogen-bond acceptors (Lipinski definition) is 7. The lowest BCUT2D eigenvalue weighted by Crippen LogP contribution is -2.40. The maximum Gasteiger partial charge on any atom is 0.305 e. The number of esters is 2. The molecule has 2 atom stereocenters. The fourth-order valence-electron chi connectivity index (χ4n) is 7.62. The van der Waals surface area contributed by atoms with Crippen molar-refractivity contribution >= 4 is 17.8 Å². The zero-order valence-corrected chi connectivity index (χ0v) is 38.2. The summed E-state index contributed by atoms with van der Waals surface area (Å²) >= 11 is 0. The van der Waals surface area contributed by atoms with Crippen molar-refractivity contribution in [1.82, 2.24) is 10.2 Å². The summed E-state index contributed by atoms with van der Waals surface area (Å²) in [7, 11) is 0. The number of nitrogens with zero attached hydrogens (tertiary/aromatic N) is 1. The Morgan fingerprint density at radius 3 is 1.30 bits per heavy atom. The number of hydrogen-bond donors (Lipinski definition) is 1. The Labute approximate surface area is 346 Å². The highest BCUT2D eigenvalue weighted by Gasteiger charge is 2.19. The minimum Gasteiger partial charge on any atom is -0.465 e. The van der Waals surface area contributed by atoms with Crippen molar-refractivity contribution in [3.05, 3.63) is 0 Å². The van der Waals surface area contributed by atoms with Gasteiger partial charge < -0.3 is 19.5 Å². The summed E-state index contributed by atoms with van der Waals surface area (Å²) in [6.45, 7) is 23.2. The SMILES string of the molecule is CC(C)CCC(COC(=O)CCCCCCCCCC(CCCCCCCCCC(=O)OCC(CCC(C)C)C(C)C)NC(=O)CCN1CCOCC1)C(C)C. The van der Waals surface area contributed by atoms with Crippen molar-refractivity contribution in [3.63, 3.8) is 0 Å². The molecule has 0 aromatic carbocycles. The number of amides is 1. The number of carbonyl (C=O) groups is 3. The molecule has 0 radical (unpaired) electrons. The second-order valence-electron chi connectivity index (χ2n) is 18.8. The Morgan fingerprint density at radius 2 is 0.911 bits per heavy atom. The number of morpholine rings is 1. The first-order valence-corrected chi connectivity index (χ1v) is 23.8. The maximum atomic E-state index is 12.9. The molecule has 0 aromatic heterocycles. The Morgan fingerprint density at radius 1 is 0.518 bits per heavy atom. The first-order valence-electron chi connectivity index (χ1n) is 23.8. The van der Waals surface area contributed by atoms with E-state index in [-0.39, 0.29) is 23.9 Å². The highest BCUT2D eigenvalue weighted by atomic mass is 16.5. The minimum atomic E-state index is -0.0323. The third-order valence-electron chi connectivity index (χ3n) is 12.0. The van der Waals surface area contributed by atoms with Crippen LogP contribution in [0, 0.1) is 35.5 Å². The van der Waals surface area contributed by atoms with E-state index in [4.69, 9.17) is 14.2 Å². The summed E-state index contributed by atoms with van der Waals surface area (Å²) in [4.78, 5) is 39.9. The molecule has 1 heterocycles. The highest BCUT2D eigenvalue weighted by molar-refractivity contribution is 5.76. The van der Waals surface area contributed by atoms with Gasteiger partial charge in [0.2, 0.25) is 5.91 Å². The van der Waals surface area contributed by atoms with E-state index in [9.17, 15) is 14.4 Å². The van der Waals surface area contributed by atoms with Gasteiger partial charge in [0.05, 0.1) is 26.4 Å². The van der Waals surface area contributed by atoms with Gasteiger partial charge in [-0.05, 0) is 74.0 Å². The van der Waals surface area contributed by atoms with Gasteiger partial charge in [0.25, 0.3) is 0 Å². The molecular weight excluding hydrogens is 701 g/mol. The van der Waals surface area contributed by atoms with Gasteiger partial charge in [0.15, 0.2) is 0 Å². The molecule has 330 valence electrons. The van der Waals surface area contributed by atoms with Crippen LogP contribution in [-0.2, 0) is 28.6 Å². The maximum absolute atomic E-state index is 12.9. The lowest BCUT2D eigenvalue weighted by atomic mass is 9.89. The Kier molecular flexibility index (Phi) is 32.0. The molecular formula is C48H92N2O6. The van der Waals surface area contributed by atoms with E-state index in [0.29, 0.717) is 68.0 Å². The van der Waals surface area contributed by atoms with Gasteiger partial charge in [-0.3, -0.25) is 19.3 Å². The lowest BCUT2D eigenvalue weighted by molar-refractivity contribution is -0.146. The number of rotatable bonds is 36. The Balaban J connectivity index is 2.26. The summed E-state index contributed by atoms with van der Waals surface area (Å²) in [6.07, 6.45) is 24.2. The molecule has 0 aromatic rings. The molecule has 1 rings (SSSR count). The third-order valence-corrected chi connectivity index (χ3v) is 12.0. The van der Waals surface area contributed by atoms with Crippen LogP contribution in [-0.4, -0.2) is 74.8 Å². The summed E-state index contributed by atoms with van der Waals surface area (Å²) < 4.78 is 16.8. The van der Waals surface area contributed by atoms with E-state index in [2.05, 4.69) is 65.6 Å². The molecule has 2 unspecified atom stereocenters. The van der Waals surface area contributed by atoms with Gasteiger partial charge in [-0.2, -0.15) is 0 Å². The van der Waals surface area contributed by atoms with Crippen molar-refractivity contribution in [2.45, 2.75) is 209 Å². The molecule has 1 fully saturated rings. The molecule has 1 N–H and O–H groups in total. The van der Waals surface area contributed by atoms with E-state index in [1.807, 2.05) is 0 Å². The van der Waals surface area contributed by atoms with Crippen molar-refractivity contribution in [2.24, 2.45) is 35.5 Å². The zero-order chi connectivity index (χ0) is 41.4. The van der Waals surface area contributed by atoms with Crippen LogP contribution in [0.1, 0.15) is 203 Å². The zero-order valence-electron chi connectivity index (χ0n) is 38.2. The second-order valence-corrected chi connectivity index (χ2v) is 18.8. The van der Waals surface area contributed by atoms with E-state index in [0.717, 1.165) is 97.1 Å². The van der Waals surface area contributed by atoms with Gasteiger partial charge in [-0.25, -0.2) is 0 Å². The average molecular weight is 793 g/mol. The Hall–Kier alpha value is -1.67. The molecule has 0 saturated carbocycles. The van der Waals surface area contributed by atoms with E-state index >= 15 is 0 Å². The van der Waals surface area contributed by atoms with Gasteiger partial charge in [-0.15, -0.1) is 0 Å². The van der Waals surface area contributed by atoms with Crippen molar-refractivity contribution in [2.75, 3.05) is 46.1 Å². The smallest absolute Gasteiger partial charge is 0.305 e. The predicted molar refractivity (Wildman–Crippen MR) is 234 cm³/mol. The fraction of sp³-hybridized carbons (Fsp3) is 0.938. The normalized spacial score (nSPS) is 15.4. The van der Waals surface area contributed by atoms with Crippen molar-refractivity contribution < 1.29 is 28.6 Å². The lowest BCUT2D eigenvalue weighted by Gasteiger charge is -2.26. The highest BCUT2D eigenvalue weighted by Crippen LogP contribution is 2.23. The van der Waals surface area contributed by atoms with Gasteiger partial charge in [0.1, 0.15) is 0 Å². The summed E-state index contributed by atoms with van der Waals surface area (Å²) in [5, 5.41) is 3.40. The van der Waals surface area contributed by atoms with E-state index in [1.165, 1.54) is 64.2 Å². The number of ether oxygens (including phenoxy) is 3. The number of carbonyl (C=O) groups excluding carboxylic acids is 3. The number of nitrogens with one attached hydrogen (secondary N) is 1. The van der Waals surface area contributed by atoms with E-state index in [1.54, 1.807) is 0 Å². The largest absolute Gasteiger partial charge is 0.465 e. The average Bonchev–Trinajstić information content (AvgIpc) is 3.15. The van der Waals surface area contributed by atoms with Gasteiger partial charge in [0, 0.05) is 44.9 Å². The number of unbranched alkanes of at least 4 members (excludes halogenated alkanes) is 12. The quantitative estimate of drug-likeness (QED) is 0.0499. The first-order chi connectivity index (χ1) is 26.9. The molecule has 8 heteroatoms. The molecule has 0 aliphatic carbocycles. The fourth-order valence-corrected chi connectivity index (χ4v) is 7.62. The first kappa shape index (κ1) is 52.3. The van der Waals surface area contributed by atoms with Crippen LogP contribution in [0.3, 0.4) is 0 Å². The monoisotopic (exact) mass is 793 g/mol. The van der Waals surface area contributed by atoms with Crippen LogP contribution in [0.5, 0.6) is 0 Å². The Bertz CT molecular complexity index is 905. The van der Waals surface area contributed by atoms with Crippen molar-refractivity contribution in [3.8, 4) is 0 Å². The molecule has 1 saturated heterocycles. The van der Waals surface area contributed by atoms with Gasteiger partial charge in [-0.1, -0.05) is 145 Å². The summed E-state index contributed by atoms with van der Waals surface area (Å²) in [6, 6.07) is 0.255. The molecule has 0 bridgehead atoms. The molecule has 1 aliphatic heterocycles.